The first-order valence-electron chi connectivity index (χ1n) is 6.87. The van der Waals surface area contributed by atoms with Gasteiger partial charge in [-0.25, -0.2) is 9.37 Å². The smallest absolute Gasteiger partial charge is 0.177 e. The van der Waals surface area contributed by atoms with Crippen LogP contribution in [0.2, 0.25) is 0 Å². The van der Waals surface area contributed by atoms with Gasteiger partial charge in [-0.2, -0.15) is 5.10 Å². The van der Waals surface area contributed by atoms with Crippen LogP contribution in [0.5, 0.6) is 0 Å². The van der Waals surface area contributed by atoms with Crippen LogP contribution < -0.4 is 0 Å². The number of ether oxygens (including phenoxy) is 1. The van der Waals surface area contributed by atoms with Crippen LogP contribution in [0.4, 0.5) is 4.39 Å². The van der Waals surface area contributed by atoms with Crippen molar-refractivity contribution < 1.29 is 9.13 Å². The highest BCUT2D eigenvalue weighted by atomic mass is 19.1. The fraction of sp³-hybridized carbons (Fsp3) is 0.118. The number of rotatable bonds is 5. The van der Waals surface area contributed by atoms with Crippen molar-refractivity contribution in [3.63, 3.8) is 0 Å². The molecule has 0 bridgehead atoms. The Kier molecular flexibility index (Phi) is 4.46. The van der Waals surface area contributed by atoms with Crippen molar-refractivity contribution in [2.24, 2.45) is 0 Å². The number of hydrogen-bond acceptors (Lipinski definition) is 4. The fourth-order valence-electron chi connectivity index (χ4n) is 2.00. The average Bonchev–Trinajstić information content (AvgIpc) is 2.57. The molecule has 0 aliphatic carbocycles. The Balaban J connectivity index is 1.65. The molecule has 0 aliphatic heterocycles. The molecule has 3 aromatic rings. The lowest BCUT2D eigenvalue weighted by Gasteiger charge is -2.05. The quantitative estimate of drug-likeness (QED) is 0.724. The van der Waals surface area contributed by atoms with Crippen molar-refractivity contribution in [2.75, 3.05) is 0 Å². The minimum atomic E-state index is -0.280. The third-order valence-corrected chi connectivity index (χ3v) is 3.09. The van der Waals surface area contributed by atoms with Crippen molar-refractivity contribution in [3.8, 4) is 11.3 Å². The van der Waals surface area contributed by atoms with Crippen LogP contribution in [0.25, 0.3) is 11.3 Å². The van der Waals surface area contributed by atoms with E-state index >= 15 is 0 Å². The molecular formula is C17H14FN3O. The van der Waals surface area contributed by atoms with Gasteiger partial charge in [-0.3, -0.25) is 0 Å². The maximum atomic E-state index is 12.9. The molecule has 1 heterocycles. The predicted octanol–water partition coefficient (Wildman–Crippen LogP) is 3.39. The second-order valence-electron chi connectivity index (χ2n) is 4.74. The second kappa shape index (κ2) is 6.87. The van der Waals surface area contributed by atoms with Gasteiger partial charge in [-0.1, -0.05) is 30.3 Å². The molecule has 0 aliphatic rings. The summed E-state index contributed by atoms with van der Waals surface area (Å²) in [7, 11) is 0. The predicted molar refractivity (Wildman–Crippen MR) is 80.2 cm³/mol. The molecule has 0 fully saturated rings. The van der Waals surface area contributed by atoms with E-state index in [-0.39, 0.29) is 12.4 Å². The van der Waals surface area contributed by atoms with Gasteiger partial charge in [0.1, 0.15) is 12.4 Å². The minimum absolute atomic E-state index is 0.275. The summed E-state index contributed by atoms with van der Waals surface area (Å²) in [6, 6.07) is 16.0. The zero-order valence-electron chi connectivity index (χ0n) is 11.8. The molecule has 0 saturated carbocycles. The summed E-state index contributed by atoms with van der Waals surface area (Å²) < 4.78 is 18.5. The van der Waals surface area contributed by atoms with E-state index in [9.17, 15) is 4.39 Å². The zero-order valence-corrected chi connectivity index (χ0v) is 11.8. The van der Waals surface area contributed by atoms with E-state index in [4.69, 9.17) is 4.74 Å². The van der Waals surface area contributed by atoms with Gasteiger partial charge in [-0.15, -0.1) is 5.10 Å². The van der Waals surface area contributed by atoms with Gasteiger partial charge in [0.15, 0.2) is 5.82 Å². The van der Waals surface area contributed by atoms with Crippen LogP contribution in [0.15, 0.2) is 60.8 Å². The van der Waals surface area contributed by atoms with Gasteiger partial charge in [0, 0.05) is 5.56 Å². The normalized spacial score (nSPS) is 10.6. The van der Waals surface area contributed by atoms with Gasteiger partial charge in [0.05, 0.1) is 18.5 Å². The molecule has 0 spiro atoms. The first kappa shape index (κ1) is 14.3. The van der Waals surface area contributed by atoms with Gasteiger partial charge < -0.3 is 4.74 Å². The molecule has 0 amide bonds. The van der Waals surface area contributed by atoms with Crippen molar-refractivity contribution >= 4 is 0 Å². The number of benzene rings is 2. The number of aromatic nitrogens is 3. The Hall–Kier alpha value is -2.66. The van der Waals surface area contributed by atoms with Crippen molar-refractivity contribution in [3.05, 3.63) is 78.0 Å². The third kappa shape index (κ3) is 3.71. The van der Waals surface area contributed by atoms with Crippen LogP contribution >= 0.6 is 0 Å². The van der Waals surface area contributed by atoms with Crippen LogP contribution in [0.3, 0.4) is 0 Å². The molecule has 3 rings (SSSR count). The average molecular weight is 295 g/mol. The molecule has 1 aromatic heterocycles. The highest BCUT2D eigenvalue weighted by Gasteiger charge is 2.04. The molecule has 4 nitrogen and oxygen atoms in total. The Bertz CT molecular complexity index is 732. The zero-order chi connectivity index (χ0) is 15.2. The van der Waals surface area contributed by atoms with Crippen molar-refractivity contribution in [1.29, 1.82) is 0 Å². The van der Waals surface area contributed by atoms with E-state index in [2.05, 4.69) is 15.2 Å². The molecule has 110 valence electrons. The summed E-state index contributed by atoms with van der Waals surface area (Å²) in [5, 5.41) is 7.88. The minimum Gasteiger partial charge on any atom is -0.369 e. The van der Waals surface area contributed by atoms with E-state index < -0.39 is 0 Å². The number of hydrogen-bond donors (Lipinski definition) is 0. The molecule has 0 radical (unpaired) electrons. The molecule has 5 heteroatoms. The Morgan fingerprint density at radius 1 is 0.909 bits per heavy atom. The Morgan fingerprint density at radius 3 is 2.45 bits per heavy atom. The standard InChI is InChI=1S/C17H14FN3O/c18-15-8-6-14(7-9-15)16-10-19-21-17(20-16)12-22-11-13-4-2-1-3-5-13/h1-10H,11-12H2. The lowest BCUT2D eigenvalue weighted by atomic mass is 10.2. The lowest BCUT2D eigenvalue weighted by Crippen LogP contribution is -2.02. The lowest BCUT2D eigenvalue weighted by molar-refractivity contribution is 0.101. The Labute approximate surface area is 127 Å². The molecular weight excluding hydrogens is 281 g/mol. The molecule has 0 atom stereocenters. The summed E-state index contributed by atoms with van der Waals surface area (Å²) in [5.74, 6) is 0.218. The van der Waals surface area contributed by atoms with Gasteiger partial charge in [0.25, 0.3) is 0 Å². The largest absolute Gasteiger partial charge is 0.369 e. The van der Waals surface area contributed by atoms with Crippen LogP contribution in [-0.2, 0) is 18.0 Å². The van der Waals surface area contributed by atoms with Crippen LogP contribution in [0.1, 0.15) is 11.4 Å². The van der Waals surface area contributed by atoms with Crippen molar-refractivity contribution in [1.82, 2.24) is 15.2 Å². The van der Waals surface area contributed by atoms with Gasteiger partial charge >= 0.3 is 0 Å². The van der Waals surface area contributed by atoms with E-state index in [0.29, 0.717) is 18.1 Å². The monoisotopic (exact) mass is 295 g/mol. The summed E-state index contributed by atoms with van der Waals surface area (Å²) >= 11 is 0. The molecule has 0 N–H and O–H groups in total. The second-order valence-corrected chi connectivity index (χ2v) is 4.74. The Morgan fingerprint density at radius 2 is 1.68 bits per heavy atom. The van der Waals surface area contributed by atoms with Crippen molar-refractivity contribution in [2.45, 2.75) is 13.2 Å². The first-order valence-corrected chi connectivity index (χ1v) is 6.87. The molecule has 2 aromatic carbocycles. The molecule has 0 saturated heterocycles. The van der Waals surface area contributed by atoms with Gasteiger partial charge in [0.2, 0.25) is 0 Å². The topological polar surface area (TPSA) is 47.9 Å². The maximum Gasteiger partial charge on any atom is 0.177 e. The van der Waals surface area contributed by atoms with Crippen LogP contribution in [-0.4, -0.2) is 15.2 Å². The summed E-state index contributed by atoms with van der Waals surface area (Å²) in [4.78, 5) is 4.38. The fourth-order valence-corrected chi connectivity index (χ4v) is 2.00. The summed E-state index contributed by atoms with van der Waals surface area (Å²) in [5.41, 5.74) is 2.53. The van der Waals surface area contributed by atoms with E-state index in [1.165, 1.54) is 12.1 Å². The van der Waals surface area contributed by atoms with E-state index in [0.717, 1.165) is 11.1 Å². The SMILES string of the molecule is Fc1ccc(-c2cnnc(COCc3ccccc3)n2)cc1. The summed E-state index contributed by atoms with van der Waals surface area (Å²) in [6.45, 7) is 0.766. The first-order chi connectivity index (χ1) is 10.8. The van der Waals surface area contributed by atoms with E-state index in [1.807, 2.05) is 30.3 Å². The number of halogens is 1. The highest BCUT2D eigenvalue weighted by molar-refractivity contribution is 5.57. The van der Waals surface area contributed by atoms with E-state index in [1.54, 1.807) is 18.3 Å². The summed E-state index contributed by atoms with van der Waals surface area (Å²) in [6.07, 6.45) is 1.55. The third-order valence-electron chi connectivity index (χ3n) is 3.09. The highest BCUT2D eigenvalue weighted by Crippen LogP contribution is 2.16. The maximum absolute atomic E-state index is 12.9. The molecule has 0 unspecified atom stereocenters. The van der Waals surface area contributed by atoms with Gasteiger partial charge in [-0.05, 0) is 29.8 Å². The molecule has 22 heavy (non-hydrogen) atoms. The van der Waals surface area contributed by atoms with Crippen LogP contribution in [0, 0.1) is 5.82 Å². The number of nitrogens with zero attached hydrogens (tertiary/aromatic N) is 3.